The summed E-state index contributed by atoms with van der Waals surface area (Å²) in [6.45, 7) is 8.92. The van der Waals surface area contributed by atoms with Gasteiger partial charge in [-0.3, -0.25) is 4.99 Å². The zero-order valence-corrected chi connectivity index (χ0v) is 21.4. The van der Waals surface area contributed by atoms with E-state index in [-0.39, 0.29) is 48.1 Å². The summed E-state index contributed by atoms with van der Waals surface area (Å²) in [7, 11) is 1.72. The molecular weight excluding hydrogens is 524 g/mol. The van der Waals surface area contributed by atoms with E-state index < -0.39 is 0 Å². The van der Waals surface area contributed by atoms with Crippen LogP contribution in [0.3, 0.4) is 0 Å². The number of halogens is 2. The first-order valence-electron chi connectivity index (χ1n) is 10.6. The predicted octanol–water partition coefficient (Wildman–Crippen LogP) is 3.58. The van der Waals surface area contributed by atoms with Crippen molar-refractivity contribution in [1.82, 2.24) is 15.6 Å². The maximum Gasteiger partial charge on any atom is 0.191 e. The van der Waals surface area contributed by atoms with Crippen LogP contribution in [0.2, 0.25) is 0 Å². The molecule has 0 aliphatic carbocycles. The van der Waals surface area contributed by atoms with Gasteiger partial charge < -0.3 is 25.0 Å². The molecule has 0 spiro atoms. The van der Waals surface area contributed by atoms with Gasteiger partial charge in [0.15, 0.2) is 5.96 Å². The molecule has 9 heteroatoms. The molecule has 2 heterocycles. The molecule has 2 N–H and O–H groups in total. The molecule has 0 radical (unpaired) electrons. The van der Waals surface area contributed by atoms with Crippen molar-refractivity contribution in [2.75, 3.05) is 31.6 Å². The molecule has 1 aliphatic heterocycles. The van der Waals surface area contributed by atoms with Gasteiger partial charge in [-0.2, -0.15) is 0 Å². The fourth-order valence-corrected chi connectivity index (χ4v) is 3.53. The van der Waals surface area contributed by atoms with Gasteiger partial charge in [-0.25, -0.2) is 9.37 Å². The Balaban J connectivity index is 0.00000363. The molecule has 0 bridgehead atoms. The molecule has 3 atom stereocenters. The van der Waals surface area contributed by atoms with Crippen molar-refractivity contribution in [2.24, 2.45) is 4.99 Å². The number of aromatic nitrogens is 1. The van der Waals surface area contributed by atoms with E-state index in [1.807, 2.05) is 19.2 Å². The average molecular weight is 557 g/mol. The van der Waals surface area contributed by atoms with Crippen LogP contribution in [0.15, 0.2) is 47.6 Å². The molecule has 0 amide bonds. The zero-order chi connectivity index (χ0) is 22.2. The van der Waals surface area contributed by atoms with E-state index in [4.69, 9.17) is 9.47 Å². The molecule has 2 aromatic rings. The van der Waals surface area contributed by atoms with E-state index >= 15 is 0 Å². The molecule has 1 aromatic carbocycles. The summed E-state index contributed by atoms with van der Waals surface area (Å²) in [6, 6.07) is 10.3. The van der Waals surface area contributed by atoms with Gasteiger partial charge in [-0.15, -0.1) is 24.0 Å². The number of guanidine groups is 1. The Bertz CT molecular complexity index is 858. The molecule has 1 saturated heterocycles. The molecule has 1 aliphatic rings. The number of morpholine rings is 1. The second-order valence-corrected chi connectivity index (χ2v) is 7.88. The lowest BCUT2D eigenvalue weighted by atomic mass is 10.2. The van der Waals surface area contributed by atoms with Crippen molar-refractivity contribution >= 4 is 35.8 Å². The Hall–Kier alpha value is -2.14. The summed E-state index contributed by atoms with van der Waals surface area (Å²) in [5, 5.41) is 6.50. The van der Waals surface area contributed by atoms with E-state index in [9.17, 15) is 4.39 Å². The monoisotopic (exact) mass is 557 g/mol. The van der Waals surface area contributed by atoms with E-state index in [0.29, 0.717) is 24.8 Å². The first kappa shape index (κ1) is 26.1. The Morgan fingerprint density at radius 3 is 2.62 bits per heavy atom. The smallest absolute Gasteiger partial charge is 0.191 e. The highest BCUT2D eigenvalue weighted by molar-refractivity contribution is 14.0. The minimum atomic E-state index is -0.313. The molecule has 3 unspecified atom stereocenters. The molecule has 0 saturated carbocycles. The summed E-state index contributed by atoms with van der Waals surface area (Å²) >= 11 is 0. The number of aliphatic imine (C=N–C) groups is 1. The minimum absolute atomic E-state index is 0. The number of rotatable bonds is 7. The SMILES string of the molecule is CN=C(NCc1ccc(N2CC(C)OC(C)C2)nc1)NCC(C)Oc1cccc(F)c1.I. The van der Waals surface area contributed by atoms with Crippen molar-refractivity contribution in [3.05, 3.63) is 54.0 Å². The third-order valence-electron chi connectivity index (χ3n) is 4.93. The molecule has 1 aromatic heterocycles. The van der Waals surface area contributed by atoms with Crippen LogP contribution in [0.4, 0.5) is 10.2 Å². The first-order valence-corrected chi connectivity index (χ1v) is 10.6. The second-order valence-electron chi connectivity index (χ2n) is 7.88. The second kappa shape index (κ2) is 12.8. The lowest BCUT2D eigenvalue weighted by Gasteiger charge is -2.36. The summed E-state index contributed by atoms with van der Waals surface area (Å²) in [5.41, 5.74) is 1.06. The highest BCUT2D eigenvalue weighted by atomic mass is 127. The highest BCUT2D eigenvalue weighted by Crippen LogP contribution is 2.18. The number of benzene rings is 1. The lowest BCUT2D eigenvalue weighted by Crippen LogP contribution is -2.45. The van der Waals surface area contributed by atoms with Gasteiger partial charge in [0.2, 0.25) is 0 Å². The third-order valence-corrected chi connectivity index (χ3v) is 4.93. The number of pyridine rings is 1. The van der Waals surface area contributed by atoms with Crippen LogP contribution in [0.1, 0.15) is 26.3 Å². The molecular formula is C23H33FIN5O2. The van der Waals surface area contributed by atoms with E-state index in [1.54, 1.807) is 19.2 Å². The van der Waals surface area contributed by atoms with Crippen LogP contribution < -0.4 is 20.3 Å². The molecule has 7 nitrogen and oxygen atoms in total. The topological polar surface area (TPSA) is 71.0 Å². The Kier molecular flexibility index (Phi) is 10.4. The standard InChI is InChI=1S/C23H32FN5O2.HI/c1-16(31-21-7-5-6-20(24)10-21)11-27-23(25-4)28-13-19-8-9-22(26-12-19)29-14-17(2)30-18(3)15-29;/h5-10,12,16-18H,11,13-15H2,1-4H3,(H2,25,27,28);1H. The van der Waals surface area contributed by atoms with E-state index in [2.05, 4.69) is 45.4 Å². The van der Waals surface area contributed by atoms with Crippen molar-refractivity contribution in [2.45, 2.75) is 45.6 Å². The van der Waals surface area contributed by atoms with Crippen LogP contribution in [-0.2, 0) is 11.3 Å². The Labute approximate surface area is 206 Å². The number of anilines is 1. The number of nitrogens with zero attached hydrogens (tertiary/aromatic N) is 3. The molecule has 176 valence electrons. The Morgan fingerprint density at radius 2 is 2.00 bits per heavy atom. The van der Waals surface area contributed by atoms with Gasteiger partial charge in [0.1, 0.15) is 23.5 Å². The van der Waals surface area contributed by atoms with Crippen LogP contribution in [0.25, 0.3) is 0 Å². The predicted molar refractivity (Wildman–Crippen MR) is 137 cm³/mol. The molecule has 32 heavy (non-hydrogen) atoms. The van der Waals surface area contributed by atoms with Gasteiger partial charge in [0.25, 0.3) is 0 Å². The number of hydrogen-bond acceptors (Lipinski definition) is 5. The van der Waals surface area contributed by atoms with Crippen LogP contribution in [-0.4, -0.2) is 55.9 Å². The van der Waals surface area contributed by atoms with E-state index in [1.165, 1.54) is 12.1 Å². The van der Waals surface area contributed by atoms with Gasteiger partial charge in [0.05, 0.1) is 18.8 Å². The maximum atomic E-state index is 13.3. The summed E-state index contributed by atoms with van der Waals surface area (Å²) in [4.78, 5) is 11.1. The number of hydrogen-bond donors (Lipinski definition) is 2. The van der Waals surface area contributed by atoms with Gasteiger partial charge in [-0.05, 0) is 44.5 Å². The van der Waals surface area contributed by atoms with Crippen molar-refractivity contribution in [3.8, 4) is 5.75 Å². The van der Waals surface area contributed by atoms with E-state index in [0.717, 1.165) is 24.5 Å². The van der Waals surface area contributed by atoms with Crippen molar-refractivity contribution < 1.29 is 13.9 Å². The van der Waals surface area contributed by atoms with Crippen LogP contribution in [0, 0.1) is 5.82 Å². The quantitative estimate of drug-likeness (QED) is 0.308. The number of ether oxygens (including phenoxy) is 2. The van der Waals surface area contributed by atoms with Gasteiger partial charge in [0, 0.05) is 38.9 Å². The maximum absolute atomic E-state index is 13.3. The Morgan fingerprint density at radius 1 is 1.25 bits per heavy atom. The van der Waals surface area contributed by atoms with Crippen LogP contribution in [0.5, 0.6) is 5.75 Å². The van der Waals surface area contributed by atoms with Crippen LogP contribution >= 0.6 is 24.0 Å². The molecule has 1 fully saturated rings. The fourth-order valence-electron chi connectivity index (χ4n) is 3.53. The van der Waals surface area contributed by atoms with Gasteiger partial charge >= 0.3 is 0 Å². The lowest BCUT2D eigenvalue weighted by molar-refractivity contribution is -0.00546. The summed E-state index contributed by atoms with van der Waals surface area (Å²) in [5.74, 6) is 1.83. The summed E-state index contributed by atoms with van der Waals surface area (Å²) in [6.07, 6.45) is 2.14. The largest absolute Gasteiger partial charge is 0.489 e. The highest BCUT2D eigenvalue weighted by Gasteiger charge is 2.22. The average Bonchev–Trinajstić information content (AvgIpc) is 2.73. The summed E-state index contributed by atoms with van der Waals surface area (Å²) < 4.78 is 24.8. The van der Waals surface area contributed by atoms with Crippen molar-refractivity contribution in [1.29, 1.82) is 0 Å². The first-order chi connectivity index (χ1) is 14.9. The normalized spacial score (nSPS) is 19.7. The van der Waals surface area contributed by atoms with Gasteiger partial charge in [-0.1, -0.05) is 12.1 Å². The third kappa shape index (κ3) is 8.09. The zero-order valence-electron chi connectivity index (χ0n) is 19.0. The molecule has 3 rings (SSSR count). The van der Waals surface area contributed by atoms with Crippen molar-refractivity contribution in [3.63, 3.8) is 0 Å². The minimum Gasteiger partial charge on any atom is -0.489 e. The number of nitrogens with one attached hydrogen (secondary N) is 2. The fraction of sp³-hybridized carbons (Fsp3) is 0.478.